The Balaban J connectivity index is 0.00000242. The molecule has 2 saturated heterocycles. The van der Waals surface area contributed by atoms with Crippen molar-refractivity contribution < 1.29 is 9.47 Å². The average Bonchev–Trinajstić information content (AvgIpc) is 3.01. The van der Waals surface area contributed by atoms with Gasteiger partial charge in [-0.2, -0.15) is 0 Å². The van der Waals surface area contributed by atoms with Crippen molar-refractivity contribution in [3.63, 3.8) is 0 Å². The summed E-state index contributed by atoms with van der Waals surface area (Å²) in [6.45, 7) is 8.95. The van der Waals surface area contributed by atoms with Crippen LogP contribution in [-0.2, 0) is 9.47 Å². The van der Waals surface area contributed by atoms with Crippen molar-refractivity contribution >= 4 is 29.9 Å². The third-order valence-corrected chi connectivity index (χ3v) is 4.42. The van der Waals surface area contributed by atoms with Gasteiger partial charge in [-0.1, -0.05) is 6.92 Å². The standard InChI is InChI=1S/C16H31N3O2.HI/c1-14-4-8-19(9-5-14)16(17-2)18-7-3-10-20-12-15-6-11-21-13-15;/h14-15H,3-13H2,1-2H3,(H,17,18);1H. The molecule has 130 valence electrons. The third-order valence-electron chi connectivity index (χ3n) is 4.42. The Morgan fingerprint density at radius 2 is 2.09 bits per heavy atom. The second kappa shape index (κ2) is 11.5. The molecule has 22 heavy (non-hydrogen) atoms. The van der Waals surface area contributed by atoms with E-state index in [1.807, 2.05) is 7.05 Å². The summed E-state index contributed by atoms with van der Waals surface area (Å²) < 4.78 is 11.1. The molecule has 0 bridgehead atoms. The van der Waals surface area contributed by atoms with Crippen LogP contribution in [0, 0.1) is 11.8 Å². The van der Waals surface area contributed by atoms with Crippen molar-refractivity contribution in [3.8, 4) is 0 Å². The molecule has 0 aromatic heterocycles. The first kappa shape index (κ1) is 20.0. The van der Waals surface area contributed by atoms with Gasteiger partial charge in [0.05, 0.1) is 13.2 Å². The van der Waals surface area contributed by atoms with Gasteiger partial charge in [0, 0.05) is 45.8 Å². The molecule has 0 amide bonds. The van der Waals surface area contributed by atoms with E-state index in [0.717, 1.165) is 70.8 Å². The lowest BCUT2D eigenvalue weighted by molar-refractivity contribution is 0.0887. The number of likely N-dealkylation sites (tertiary alicyclic amines) is 1. The topological polar surface area (TPSA) is 46.1 Å². The molecular formula is C16H32IN3O2. The molecule has 2 aliphatic heterocycles. The number of hydrogen-bond donors (Lipinski definition) is 1. The molecule has 2 fully saturated rings. The largest absolute Gasteiger partial charge is 0.381 e. The number of rotatable bonds is 6. The van der Waals surface area contributed by atoms with Crippen LogP contribution in [0.3, 0.4) is 0 Å². The van der Waals surface area contributed by atoms with Crippen LogP contribution in [0.5, 0.6) is 0 Å². The maximum absolute atomic E-state index is 5.72. The molecule has 2 aliphatic rings. The van der Waals surface area contributed by atoms with Gasteiger partial charge in [-0.05, 0) is 31.6 Å². The van der Waals surface area contributed by atoms with E-state index < -0.39 is 0 Å². The molecule has 0 aromatic carbocycles. The van der Waals surface area contributed by atoms with Crippen LogP contribution in [0.1, 0.15) is 32.6 Å². The van der Waals surface area contributed by atoms with Gasteiger partial charge in [0.25, 0.3) is 0 Å². The van der Waals surface area contributed by atoms with E-state index in [1.54, 1.807) is 0 Å². The Labute approximate surface area is 152 Å². The molecule has 0 aliphatic carbocycles. The fraction of sp³-hybridized carbons (Fsp3) is 0.938. The monoisotopic (exact) mass is 425 g/mol. The van der Waals surface area contributed by atoms with E-state index in [1.165, 1.54) is 12.8 Å². The van der Waals surface area contributed by atoms with E-state index in [-0.39, 0.29) is 24.0 Å². The van der Waals surface area contributed by atoms with Gasteiger partial charge in [-0.3, -0.25) is 4.99 Å². The lowest BCUT2D eigenvalue weighted by Gasteiger charge is -2.32. The summed E-state index contributed by atoms with van der Waals surface area (Å²) in [5, 5.41) is 3.45. The Hall–Kier alpha value is -0.0800. The highest BCUT2D eigenvalue weighted by Crippen LogP contribution is 2.15. The van der Waals surface area contributed by atoms with Gasteiger partial charge in [0.2, 0.25) is 0 Å². The Bertz CT molecular complexity index is 315. The minimum atomic E-state index is 0. The summed E-state index contributed by atoms with van der Waals surface area (Å²) >= 11 is 0. The molecule has 5 nitrogen and oxygen atoms in total. The summed E-state index contributed by atoms with van der Waals surface area (Å²) in [7, 11) is 1.87. The van der Waals surface area contributed by atoms with Crippen molar-refractivity contribution in [2.75, 3.05) is 53.1 Å². The Morgan fingerprint density at radius 1 is 1.32 bits per heavy atom. The number of aliphatic imine (C=N–C) groups is 1. The first-order valence-electron chi connectivity index (χ1n) is 8.40. The SMILES string of the molecule is CN=C(NCCCOCC1CCOC1)N1CCC(C)CC1.I. The van der Waals surface area contributed by atoms with Gasteiger partial charge in [0.15, 0.2) is 5.96 Å². The first-order chi connectivity index (χ1) is 10.3. The lowest BCUT2D eigenvalue weighted by Crippen LogP contribution is -2.45. The fourth-order valence-electron chi connectivity index (χ4n) is 2.89. The molecule has 1 N–H and O–H groups in total. The summed E-state index contributed by atoms with van der Waals surface area (Å²) in [6, 6.07) is 0. The first-order valence-corrected chi connectivity index (χ1v) is 8.40. The van der Waals surface area contributed by atoms with Crippen LogP contribution in [0.2, 0.25) is 0 Å². The Kier molecular flexibility index (Phi) is 10.4. The minimum absolute atomic E-state index is 0. The maximum Gasteiger partial charge on any atom is 0.193 e. The van der Waals surface area contributed by atoms with Crippen molar-refractivity contribution in [3.05, 3.63) is 0 Å². The molecule has 0 radical (unpaired) electrons. The molecule has 6 heteroatoms. The quantitative estimate of drug-likeness (QED) is 0.307. The van der Waals surface area contributed by atoms with Crippen LogP contribution >= 0.6 is 24.0 Å². The predicted octanol–water partition coefficient (Wildman–Crippen LogP) is 2.35. The highest BCUT2D eigenvalue weighted by atomic mass is 127. The van der Waals surface area contributed by atoms with Gasteiger partial charge in [-0.25, -0.2) is 0 Å². The second-order valence-electron chi connectivity index (χ2n) is 6.30. The highest BCUT2D eigenvalue weighted by Gasteiger charge is 2.18. The van der Waals surface area contributed by atoms with Crippen LogP contribution in [0.4, 0.5) is 0 Å². The molecule has 0 saturated carbocycles. The minimum Gasteiger partial charge on any atom is -0.381 e. The summed E-state index contributed by atoms with van der Waals surface area (Å²) in [6.07, 6.45) is 4.72. The van der Waals surface area contributed by atoms with Gasteiger partial charge < -0.3 is 19.7 Å². The van der Waals surface area contributed by atoms with Crippen molar-refractivity contribution in [1.29, 1.82) is 0 Å². The van der Waals surface area contributed by atoms with E-state index in [2.05, 4.69) is 22.1 Å². The third kappa shape index (κ3) is 7.00. The average molecular weight is 425 g/mol. The molecule has 1 atom stereocenters. The summed E-state index contributed by atoms with van der Waals surface area (Å²) in [5.41, 5.74) is 0. The van der Waals surface area contributed by atoms with Gasteiger partial charge >= 0.3 is 0 Å². The van der Waals surface area contributed by atoms with E-state index >= 15 is 0 Å². The van der Waals surface area contributed by atoms with Crippen LogP contribution in [-0.4, -0.2) is 64.0 Å². The number of nitrogens with one attached hydrogen (secondary N) is 1. The zero-order chi connectivity index (χ0) is 14.9. The number of piperidine rings is 1. The van der Waals surface area contributed by atoms with Crippen LogP contribution in [0.15, 0.2) is 4.99 Å². The second-order valence-corrected chi connectivity index (χ2v) is 6.30. The number of hydrogen-bond acceptors (Lipinski definition) is 3. The molecule has 2 rings (SSSR count). The van der Waals surface area contributed by atoms with E-state index in [4.69, 9.17) is 9.47 Å². The van der Waals surface area contributed by atoms with Gasteiger partial charge in [-0.15, -0.1) is 24.0 Å². The number of guanidine groups is 1. The molecule has 2 heterocycles. The highest BCUT2D eigenvalue weighted by molar-refractivity contribution is 14.0. The maximum atomic E-state index is 5.72. The normalized spacial score (nSPS) is 23.5. The number of ether oxygens (including phenoxy) is 2. The summed E-state index contributed by atoms with van der Waals surface area (Å²) in [4.78, 5) is 6.76. The smallest absolute Gasteiger partial charge is 0.193 e. The van der Waals surface area contributed by atoms with E-state index in [9.17, 15) is 0 Å². The van der Waals surface area contributed by atoms with E-state index in [0.29, 0.717) is 5.92 Å². The summed E-state index contributed by atoms with van der Waals surface area (Å²) in [5.74, 6) is 2.51. The number of halogens is 1. The van der Waals surface area contributed by atoms with Crippen molar-refractivity contribution in [1.82, 2.24) is 10.2 Å². The fourth-order valence-corrected chi connectivity index (χ4v) is 2.89. The van der Waals surface area contributed by atoms with Crippen LogP contribution in [0.25, 0.3) is 0 Å². The molecular weight excluding hydrogens is 393 g/mol. The lowest BCUT2D eigenvalue weighted by atomic mass is 10.00. The number of nitrogens with zero attached hydrogens (tertiary/aromatic N) is 2. The molecule has 1 unspecified atom stereocenters. The predicted molar refractivity (Wildman–Crippen MR) is 101 cm³/mol. The zero-order valence-corrected chi connectivity index (χ0v) is 16.4. The Morgan fingerprint density at radius 3 is 2.73 bits per heavy atom. The molecule has 0 aromatic rings. The van der Waals surface area contributed by atoms with Gasteiger partial charge in [0.1, 0.15) is 0 Å². The van der Waals surface area contributed by atoms with Crippen LogP contribution < -0.4 is 5.32 Å². The van der Waals surface area contributed by atoms with Crippen molar-refractivity contribution in [2.45, 2.75) is 32.6 Å². The zero-order valence-electron chi connectivity index (χ0n) is 14.1. The van der Waals surface area contributed by atoms with Crippen molar-refractivity contribution in [2.24, 2.45) is 16.8 Å². The molecule has 0 spiro atoms.